The molecule has 16 heteroatoms. The highest BCUT2D eigenvalue weighted by molar-refractivity contribution is 6.31. The van der Waals surface area contributed by atoms with Gasteiger partial charge in [0.2, 0.25) is 5.82 Å². The molecule has 2 aromatic carbocycles. The Balaban J connectivity index is 1.54. The molecule has 3 heterocycles. The molecular formula is C32H25ClF5N7O3. The Morgan fingerprint density at radius 3 is 2.42 bits per heavy atom. The van der Waals surface area contributed by atoms with Gasteiger partial charge in [-0.3, -0.25) is 14.4 Å². The number of imidazole rings is 1. The third-order valence-electron chi connectivity index (χ3n) is 7.15. The molecule has 0 radical (unpaired) electrons. The number of Topliss-reactive ketones (excluding diaryl/α,β-unsaturated/α-hetero) is 1. The summed E-state index contributed by atoms with van der Waals surface area (Å²) in [6.07, 6.45) is -0.147. The molecular weight excluding hydrogens is 661 g/mol. The van der Waals surface area contributed by atoms with Gasteiger partial charge in [-0.15, -0.1) is 0 Å². The van der Waals surface area contributed by atoms with Crippen molar-refractivity contribution in [1.82, 2.24) is 29.6 Å². The van der Waals surface area contributed by atoms with E-state index in [2.05, 4.69) is 25.7 Å². The van der Waals surface area contributed by atoms with Crippen molar-refractivity contribution in [2.75, 3.05) is 5.32 Å². The summed E-state index contributed by atoms with van der Waals surface area (Å²) >= 11 is 6.37. The van der Waals surface area contributed by atoms with Crippen LogP contribution in [-0.4, -0.2) is 41.9 Å². The number of nitrogens with one attached hydrogen (secondary N) is 2. The maximum Gasteiger partial charge on any atom is 0.416 e. The fourth-order valence-electron chi connectivity index (χ4n) is 4.93. The summed E-state index contributed by atoms with van der Waals surface area (Å²) in [5.74, 6) is -5.50. The van der Waals surface area contributed by atoms with Crippen molar-refractivity contribution in [2.24, 2.45) is 0 Å². The molecule has 0 saturated carbocycles. The first-order valence-corrected chi connectivity index (χ1v) is 14.6. The third kappa shape index (κ3) is 7.57. The van der Waals surface area contributed by atoms with E-state index in [4.69, 9.17) is 11.6 Å². The smallest absolute Gasteiger partial charge is 0.345 e. The number of nitrogens with zero attached hydrogens (tertiary/aromatic N) is 5. The number of ketones is 1. The minimum atomic E-state index is -4.95. The Hall–Kier alpha value is -5.44. The molecule has 5 aromatic rings. The van der Waals surface area contributed by atoms with Gasteiger partial charge in [-0.1, -0.05) is 24.6 Å². The van der Waals surface area contributed by atoms with E-state index in [1.54, 1.807) is 37.5 Å². The lowest BCUT2D eigenvalue weighted by atomic mass is 9.96. The number of benzene rings is 2. The molecule has 5 rings (SSSR count). The van der Waals surface area contributed by atoms with Gasteiger partial charge in [0.25, 0.3) is 11.8 Å². The average molecular weight is 686 g/mol. The van der Waals surface area contributed by atoms with Crippen molar-refractivity contribution < 1.29 is 36.3 Å². The highest BCUT2D eigenvalue weighted by Crippen LogP contribution is 2.36. The third-order valence-corrected chi connectivity index (χ3v) is 7.49. The quantitative estimate of drug-likeness (QED) is 0.166. The number of aromatic nitrogens is 5. The number of halogens is 6. The van der Waals surface area contributed by atoms with Crippen molar-refractivity contribution in [3.63, 3.8) is 0 Å². The number of carbonyl (C=O) groups excluding carboxylic acids is 3. The topological polar surface area (TPSA) is 124 Å². The summed E-state index contributed by atoms with van der Waals surface area (Å²) in [6, 6.07) is 9.92. The standard InChI is InChI=1S/C32H25ClF5N7O3/c1-17(46)16-44-27(18(2)24-13-22(34)5-6-25(24)33)28(43-30(47)20-10-21(32(36,37)38)12-23(35)11-20)42-29(44)31(48)40-15-19-4-7-26(39-14-19)45-9-3-8-41-45/h3-14,18H,15-16H2,1-2H3,(H,40,48)(H,43,47)/t18-/m1/s1. The maximum atomic E-state index is 14.3. The zero-order valence-corrected chi connectivity index (χ0v) is 25.9. The zero-order chi connectivity index (χ0) is 34.7. The van der Waals surface area contributed by atoms with E-state index >= 15 is 0 Å². The monoisotopic (exact) mass is 685 g/mol. The van der Waals surface area contributed by atoms with Crippen LogP contribution in [0, 0.1) is 11.6 Å². The molecule has 0 unspecified atom stereocenters. The van der Waals surface area contributed by atoms with Gasteiger partial charge in [-0.2, -0.15) is 18.3 Å². The van der Waals surface area contributed by atoms with Crippen LogP contribution >= 0.6 is 11.6 Å². The number of hydrogen-bond acceptors (Lipinski definition) is 6. The fraction of sp³-hybridized carbons (Fsp3) is 0.188. The predicted octanol–water partition coefficient (Wildman–Crippen LogP) is 6.34. The van der Waals surface area contributed by atoms with Gasteiger partial charge in [0.15, 0.2) is 11.6 Å². The summed E-state index contributed by atoms with van der Waals surface area (Å²) < 4.78 is 71.3. The van der Waals surface area contributed by atoms with E-state index in [1.165, 1.54) is 28.4 Å². The number of hydrogen-bond donors (Lipinski definition) is 2. The number of carbonyl (C=O) groups is 3. The lowest BCUT2D eigenvalue weighted by Gasteiger charge is -2.19. The van der Waals surface area contributed by atoms with Crippen LogP contribution in [0.25, 0.3) is 5.82 Å². The van der Waals surface area contributed by atoms with E-state index in [0.717, 1.165) is 12.1 Å². The minimum absolute atomic E-state index is 0.00823. The Morgan fingerprint density at radius 2 is 1.77 bits per heavy atom. The van der Waals surface area contributed by atoms with Gasteiger partial charge in [0.05, 0.1) is 17.8 Å². The molecule has 10 nitrogen and oxygen atoms in total. The van der Waals surface area contributed by atoms with Gasteiger partial charge < -0.3 is 15.2 Å². The van der Waals surface area contributed by atoms with Crippen molar-refractivity contribution in [1.29, 1.82) is 0 Å². The molecule has 0 aliphatic carbocycles. The molecule has 2 amide bonds. The van der Waals surface area contributed by atoms with Crippen molar-refractivity contribution in [3.05, 3.63) is 124 Å². The van der Waals surface area contributed by atoms with Gasteiger partial charge in [0, 0.05) is 41.6 Å². The van der Waals surface area contributed by atoms with E-state index in [1.807, 2.05) is 0 Å². The highest BCUT2D eigenvalue weighted by atomic mass is 35.5. The number of rotatable bonds is 10. The molecule has 1 atom stereocenters. The number of alkyl halides is 3. The van der Waals surface area contributed by atoms with Gasteiger partial charge in [0.1, 0.15) is 17.4 Å². The number of anilines is 1. The summed E-state index contributed by atoms with van der Waals surface area (Å²) in [4.78, 5) is 47.8. The van der Waals surface area contributed by atoms with Gasteiger partial charge >= 0.3 is 6.18 Å². The Bertz CT molecular complexity index is 1990. The Kier molecular flexibility index (Phi) is 9.70. The number of pyridine rings is 1. The molecule has 0 fully saturated rings. The summed E-state index contributed by atoms with van der Waals surface area (Å²) in [6.45, 7) is 2.31. The SMILES string of the molecule is CC(=O)Cn1c(C(=O)NCc2ccc(-n3cccn3)nc2)nc(NC(=O)c2cc(F)cc(C(F)(F)F)c2)c1[C@H](C)c1cc(F)ccc1Cl. The van der Waals surface area contributed by atoms with Crippen LogP contribution < -0.4 is 10.6 Å². The molecule has 0 saturated heterocycles. The summed E-state index contributed by atoms with van der Waals surface area (Å²) in [7, 11) is 0. The lowest BCUT2D eigenvalue weighted by molar-refractivity contribution is -0.137. The maximum absolute atomic E-state index is 14.3. The first kappa shape index (κ1) is 33.9. The molecule has 0 aliphatic heterocycles. The number of amides is 2. The second kappa shape index (κ2) is 13.7. The van der Waals surface area contributed by atoms with Crippen LogP contribution in [0.15, 0.2) is 73.2 Å². The van der Waals surface area contributed by atoms with E-state index in [9.17, 15) is 36.3 Å². The second-order valence-corrected chi connectivity index (χ2v) is 11.1. The van der Waals surface area contributed by atoms with E-state index in [-0.39, 0.29) is 40.5 Å². The molecule has 0 aliphatic rings. The summed E-state index contributed by atoms with van der Waals surface area (Å²) in [5.41, 5.74) is -1.31. The first-order valence-electron chi connectivity index (χ1n) is 14.2. The van der Waals surface area contributed by atoms with Gasteiger partial charge in [-0.05, 0) is 66.6 Å². The van der Waals surface area contributed by atoms with Gasteiger partial charge in [-0.25, -0.2) is 23.4 Å². The molecule has 0 spiro atoms. The van der Waals surface area contributed by atoms with E-state index < -0.39 is 59.0 Å². The van der Waals surface area contributed by atoms with Crippen molar-refractivity contribution in [2.45, 2.75) is 39.0 Å². The lowest BCUT2D eigenvalue weighted by Crippen LogP contribution is -2.28. The van der Waals surface area contributed by atoms with Crippen LogP contribution in [0.4, 0.5) is 27.8 Å². The van der Waals surface area contributed by atoms with Crippen molar-refractivity contribution in [3.8, 4) is 5.82 Å². The zero-order valence-electron chi connectivity index (χ0n) is 25.1. The normalized spacial score (nSPS) is 12.1. The predicted molar refractivity (Wildman–Crippen MR) is 164 cm³/mol. The highest BCUT2D eigenvalue weighted by Gasteiger charge is 2.33. The molecule has 3 aromatic heterocycles. The molecule has 2 N–H and O–H groups in total. The van der Waals surface area contributed by atoms with Crippen LogP contribution in [0.3, 0.4) is 0 Å². The average Bonchev–Trinajstić information content (AvgIpc) is 3.69. The first-order chi connectivity index (χ1) is 22.7. The van der Waals surface area contributed by atoms with Crippen LogP contribution in [0.1, 0.15) is 63.1 Å². The summed E-state index contributed by atoms with van der Waals surface area (Å²) in [5, 5.41) is 9.22. The van der Waals surface area contributed by atoms with Crippen molar-refractivity contribution >= 4 is 35.0 Å². The minimum Gasteiger partial charge on any atom is -0.345 e. The van der Waals surface area contributed by atoms with Crippen LogP contribution in [0.5, 0.6) is 0 Å². The van der Waals surface area contributed by atoms with E-state index in [0.29, 0.717) is 23.5 Å². The molecule has 0 bridgehead atoms. The van der Waals surface area contributed by atoms with Crippen LogP contribution in [-0.2, 0) is 24.1 Å². The fourth-order valence-corrected chi connectivity index (χ4v) is 5.21. The van der Waals surface area contributed by atoms with Crippen LogP contribution in [0.2, 0.25) is 5.02 Å². The molecule has 248 valence electrons. The Morgan fingerprint density at radius 1 is 1.00 bits per heavy atom. The Labute approximate surface area is 274 Å². The second-order valence-electron chi connectivity index (χ2n) is 10.7. The largest absolute Gasteiger partial charge is 0.416 e. The molecule has 48 heavy (non-hydrogen) atoms.